The summed E-state index contributed by atoms with van der Waals surface area (Å²) in [6.45, 7) is 15.9. The number of nitrogens with zero attached hydrogens (tertiary/aromatic N) is 3. The first kappa shape index (κ1) is 27.5. The van der Waals surface area contributed by atoms with Crippen molar-refractivity contribution in [2.75, 3.05) is 7.11 Å². The quantitative estimate of drug-likeness (QED) is 0.296. The van der Waals surface area contributed by atoms with Crippen LogP contribution in [0.4, 0.5) is 0 Å². The minimum atomic E-state index is -0.790. The van der Waals surface area contributed by atoms with E-state index in [1.165, 1.54) is 5.57 Å². The number of aryl methyl sites for hydroxylation is 1. The standard InChI is InChI=1S/C33H45N3O5/c1-19-35-27(40-36-19)33-13-11-28(2,3)17-21(33)25-22(37)15-24-29(4)16-20-18-34-39-26(20)32(7,41-38-8)23(29)9-10-30(24,5)31(25,6)12-14-33/h15,18,21,23,25H,9-14,16-17H2,1-8H3/t21-,23+,25-,29-,30+,31+,32-,33-/m0/s1. The van der Waals surface area contributed by atoms with E-state index in [0.29, 0.717) is 5.82 Å². The molecule has 0 spiro atoms. The Hall–Kier alpha value is -2.32. The van der Waals surface area contributed by atoms with Crippen molar-refractivity contribution in [3.63, 3.8) is 0 Å². The van der Waals surface area contributed by atoms with Crippen LogP contribution in [0.3, 0.4) is 0 Å². The van der Waals surface area contributed by atoms with Gasteiger partial charge in [-0.1, -0.05) is 50.5 Å². The zero-order valence-corrected chi connectivity index (χ0v) is 25.9. The molecule has 0 unspecified atom stereocenters. The molecule has 0 bridgehead atoms. The van der Waals surface area contributed by atoms with E-state index < -0.39 is 5.60 Å². The molecule has 3 saturated carbocycles. The maximum absolute atomic E-state index is 14.7. The molecule has 0 aromatic carbocycles. The average Bonchev–Trinajstić information content (AvgIpc) is 3.55. The lowest BCUT2D eigenvalue weighted by molar-refractivity contribution is -0.375. The molecular weight excluding hydrogens is 518 g/mol. The van der Waals surface area contributed by atoms with E-state index in [9.17, 15) is 4.79 Å². The molecule has 222 valence electrons. The molecule has 2 aromatic rings. The van der Waals surface area contributed by atoms with Gasteiger partial charge in [0, 0.05) is 17.4 Å². The van der Waals surface area contributed by atoms with Crippen LogP contribution < -0.4 is 0 Å². The number of hydrogen-bond donors (Lipinski definition) is 0. The molecule has 0 radical (unpaired) electrons. The fraction of sp³-hybridized carbons (Fsp3) is 0.758. The van der Waals surface area contributed by atoms with Gasteiger partial charge in [0.2, 0.25) is 5.89 Å². The van der Waals surface area contributed by atoms with Crippen LogP contribution in [0.25, 0.3) is 0 Å². The Bertz CT molecular complexity index is 1440. The van der Waals surface area contributed by atoms with Gasteiger partial charge in [-0.2, -0.15) is 4.98 Å². The van der Waals surface area contributed by atoms with Crippen molar-refractivity contribution in [3.05, 3.63) is 40.9 Å². The molecule has 2 aromatic heterocycles. The van der Waals surface area contributed by atoms with E-state index >= 15 is 0 Å². The first-order valence-electron chi connectivity index (χ1n) is 15.5. The van der Waals surface area contributed by atoms with Crippen molar-refractivity contribution in [3.8, 4) is 0 Å². The van der Waals surface area contributed by atoms with Gasteiger partial charge in [0.25, 0.3) is 0 Å². The lowest BCUT2D eigenvalue weighted by Crippen LogP contribution is -2.66. The molecule has 8 nitrogen and oxygen atoms in total. The molecule has 3 fully saturated rings. The Morgan fingerprint density at radius 2 is 1.76 bits per heavy atom. The summed E-state index contributed by atoms with van der Waals surface area (Å²) in [6, 6.07) is 0. The summed E-state index contributed by atoms with van der Waals surface area (Å²) in [5.41, 5.74) is 0.810. The Kier molecular flexibility index (Phi) is 5.64. The number of fused-ring (bicyclic) bond motifs is 8. The Morgan fingerprint density at radius 3 is 2.46 bits per heavy atom. The maximum Gasteiger partial charge on any atom is 0.233 e. The number of rotatable bonds is 3. The second-order valence-electron chi connectivity index (χ2n) is 15.7. The summed E-state index contributed by atoms with van der Waals surface area (Å²) in [7, 11) is 1.56. The average molecular weight is 564 g/mol. The van der Waals surface area contributed by atoms with Gasteiger partial charge in [-0.15, -0.1) is 0 Å². The SMILES string of the molecule is COO[C@]1(C)c2oncc2C[C@]2(C)C3=CC(=O)[C@@H]4[C@@H]5CC(C)(C)CC[C@]5(c5nc(C)no5)CC[C@@]4(C)[C@]3(C)CC[C@H]21. The predicted octanol–water partition coefficient (Wildman–Crippen LogP) is 6.83. The first-order valence-corrected chi connectivity index (χ1v) is 15.5. The summed E-state index contributed by atoms with van der Waals surface area (Å²) in [6.07, 6.45) is 11.6. The third kappa shape index (κ3) is 3.35. The van der Waals surface area contributed by atoms with Crippen molar-refractivity contribution in [1.82, 2.24) is 15.3 Å². The van der Waals surface area contributed by atoms with Crippen LogP contribution in [0.5, 0.6) is 0 Å². The minimum Gasteiger partial charge on any atom is -0.358 e. The molecule has 2 heterocycles. The highest BCUT2D eigenvalue weighted by molar-refractivity contribution is 5.95. The molecule has 0 amide bonds. The first-order chi connectivity index (χ1) is 19.2. The van der Waals surface area contributed by atoms with Crippen molar-refractivity contribution in [2.45, 2.75) is 111 Å². The Balaban J connectivity index is 1.38. The number of carbonyl (C=O) groups excluding carboxylic acids is 1. The monoisotopic (exact) mass is 563 g/mol. The molecule has 41 heavy (non-hydrogen) atoms. The van der Waals surface area contributed by atoms with Crippen LogP contribution >= 0.6 is 0 Å². The molecule has 8 heteroatoms. The summed E-state index contributed by atoms with van der Waals surface area (Å²) < 4.78 is 11.7. The number of aromatic nitrogens is 3. The summed E-state index contributed by atoms with van der Waals surface area (Å²) >= 11 is 0. The highest BCUT2D eigenvalue weighted by atomic mass is 17.2. The van der Waals surface area contributed by atoms with E-state index in [1.54, 1.807) is 7.11 Å². The van der Waals surface area contributed by atoms with Gasteiger partial charge in [-0.05, 0) is 98.9 Å². The number of carbonyl (C=O) groups is 1. The largest absolute Gasteiger partial charge is 0.358 e. The van der Waals surface area contributed by atoms with Crippen LogP contribution in [0.15, 0.2) is 26.9 Å². The molecule has 8 atom stereocenters. The number of allylic oxidation sites excluding steroid dienone is 2. The predicted molar refractivity (Wildman–Crippen MR) is 150 cm³/mol. The van der Waals surface area contributed by atoms with Gasteiger partial charge in [-0.3, -0.25) is 4.79 Å². The molecule has 5 aliphatic rings. The molecule has 0 N–H and O–H groups in total. The van der Waals surface area contributed by atoms with Gasteiger partial charge in [0.15, 0.2) is 23.0 Å². The molecule has 0 aliphatic heterocycles. The van der Waals surface area contributed by atoms with Crippen molar-refractivity contribution in [2.24, 2.45) is 39.4 Å². The fourth-order valence-electron chi connectivity index (χ4n) is 11.0. The van der Waals surface area contributed by atoms with Gasteiger partial charge in [0.05, 0.1) is 18.7 Å². The summed E-state index contributed by atoms with van der Waals surface area (Å²) in [5.74, 6) is 2.60. The normalized spacial score (nSPS) is 44.6. The number of hydrogen-bond acceptors (Lipinski definition) is 8. The zero-order chi connectivity index (χ0) is 29.2. The molecule has 0 saturated heterocycles. The molecular formula is C33H45N3O5. The maximum atomic E-state index is 14.7. The van der Waals surface area contributed by atoms with E-state index in [4.69, 9.17) is 23.8 Å². The minimum absolute atomic E-state index is 0.0836. The molecule has 7 rings (SSSR count). The van der Waals surface area contributed by atoms with E-state index in [0.717, 1.165) is 68.6 Å². The van der Waals surface area contributed by atoms with E-state index in [1.807, 2.05) is 13.1 Å². The Labute approximate surface area is 242 Å². The van der Waals surface area contributed by atoms with Crippen molar-refractivity contribution in [1.29, 1.82) is 0 Å². The fourth-order valence-corrected chi connectivity index (χ4v) is 11.0. The van der Waals surface area contributed by atoms with Crippen LogP contribution in [-0.2, 0) is 32.0 Å². The molecule has 5 aliphatic carbocycles. The van der Waals surface area contributed by atoms with E-state index in [-0.39, 0.29) is 50.6 Å². The highest BCUT2D eigenvalue weighted by Gasteiger charge is 2.71. The lowest BCUT2D eigenvalue weighted by atomic mass is 9.34. The third-order valence-corrected chi connectivity index (χ3v) is 13.2. The van der Waals surface area contributed by atoms with Crippen molar-refractivity contribution >= 4 is 5.78 Å². The summed E-state index contributed by atoms with van der Waals surface area (Å²) in [5, 5.41) is 8.38. The lowest BCUT2D eigenvalue weighted by Gasteiger charge is -2.69. The van der Waals surface area contributed by atoms with Crippen LogP contribution in [0.2, 0.25) is 0 Å². The highest BCUT2D eigenvalue weighted by Crippen LogP contribution is 2.75. The van der Waals surface area contributed by atoms with Gasteiger partial charge in [-0.25, -0.2) is 9.78 Å². The third-order valence-electron chi connectivity index (χ3n) is 13.2. The Morgan fingerprint density at radius 1 is 1.00 bits per heavy atom. The second-order valence-corrected chi connectivity index (χ2v) is 15.7. The van der Waals surface area contributed by atoms with Crippen LogP contribution in [-0.4, -0.2) is 28.2 Å². The smallest absolute Gasteiger partial charge is 0.233 e. The van der Waals surface area contributed by atoms with Crippen LogP contribution in [0, 0.1) is 46.3 Å². The van der Waals surface area contributed by atoms with Gasteiger partial charge >= 0.3 is 0 Å². The summed E-state index contributed by atoms with van der Waals surface area (Å²) in [4.78, 5) is 30.9. The van der Waals surface area contributed by atoms with E-state index in [2.05, 4.69) is 57.9 Å². The van der Waals surface area contributed by atoms with Gasteiger partial charge in [0.1, 0.15) is 0 Å². The number of ketones is 1. The van der Waals surface area contributed by atoms with Gasteiger partial charge < -0.3 is 9.05 Å². The zero-order valence-electron chi connectivity index (χ0n) is 25.9. The topological polar surface area (TPSA) is 100 Å². The van der Waals surface area contributed by atoms with Crippen molar-refractivity contribution < 1.29 is 23.6 Å². The second kappa shape index (κ2) is 8.40. The van der Waals surface area contributed by atoms with Crippen LogP contribution in [0.1, 0.15) is 110 Å².